The van der Waals surface area contributed by atoms with E-state index in [1.165, 1.54) is 6.07 Å². The molecule has 9 heteroatoms. The maximum atomic E-state index is 13.8. The number of halogens is 2. The summed E-state index contributed by atoms with van der Waals surface area (Å²) in [5.41, 5.74) is 2.06. The van der Waals surface area contributed by atoms with Crippen molar-refractivity contribution in [2.45, 2.75) is 25.8 Å². The first-order chi connectivity index (χ1) is 16.0. The number of aromatic nitrogens is 2. The van der Waals surface area contributed by atoms with Crippen LogP contribution in [0.5, 0.6) is 0 Å². The lowest BCUT2D eigenvalue weighted by molar-refractivity contribution is -0.121. The van der Waals surface area contributed by atoms with Crippen molar-refractivity contribution in [1.82, 2.24) is 20.4 Å². The Hall–Kier alpha value is -2.81. The van der Waals surface area contributed by atoms with Gasteiger partial charge in [0, 0.05) is 43.1 Å². The zero-order chi connectivity index (χ0) is 23.2. The van der Waals surface area contributed by atoms with Gasteiger partial charge in [-0.05, 0) is 30.2 Å². The minimum Gasteiger partial charge on any atom is -0.379 e. The molecule has 0 saturated carbocycles. The van der Waals surface area contributed by atoms with Crippen LogP contribution in [-0.4, -0.2) is 53.8 Å². The minimum atomic E-state index is -0.327. The van der Waals surface area contributed by atoms with Crippen LogP contribution in [0.1, 0.15) is 29.5 Å². The Labute approximate surface area is 196 Å². The van der Waals surface area contributed by atoms with Crippen LogP contribution >= 0.6 is 11.6 Å². The summed E-state index contributed by atoms with van der Waals surface area (Å²) in [6.45, 7) is 4.97. The van der Waals surface area contributed by atoms with E-state index in [0.717, 1.165) is 18.7 Å². The SMILES string of the molecule is Cc1ccc(-c2noc(CCC(=O)NCC(c3ccccc3Cl)N3CCOCC3)n2)cc1F. The molecule has 1 fully saturated rings. The molecule has 0 radical (unpaired) electrons. The number of carbonyl (C=O) groups is 1. The average molecular weight is 473 g/mol. The number of benzene rings is 2. The zero-order valence-corrected chi connectivity index (χ0v) is 19.1. The molecule has 0 bridgehead atoms. The highest BCUT2D eigenvalue weighted by Crippen LogP contribution is 2.28. The van der Waals surface area contributed by atoms with Crippen LogP contribution in [0.15, 0.2) is 47.0 Å². The second-order valence-electron chi connectivity index (χ2n) is 7.97. The summed E-state index contributed by atoms with van der Waals surface area (Å²) in [5.74, 6) is 0.181. The molecule has 2 heterocycles. The molecule has 1 atom stereocenters. The molecule has 0 aliphatic carbocycles. The van der Waals surface area contributed by atoms with E-state index in [1.807, 2.05) is 24.3 Å². The van der Waals surface area contributed by atoms with E-state index in [2.05, 4.69) is 20.4 Å². The molecule has 7 nitrogen and oxygen atoms in total. The Morgan fingerprint density at radius 2 is 2.03 bits per heavy atom. The van der Waals surface area contributed by atoms with Gasteiger partial charge in [-0.2, -0.15) is 4.98 Å². The van der Waals surface area contributed by atoms with E-state index in [4.69, 9.17) is 20.9 Å². The summed E-state index contributed by atoms with van der Waals surface area (Å²) in [7, 11) is 0. The number of hydrogen-bond acceptors (Lipinski definition) is 6. The highest BCUT2D eigenvalue weighted by atomic mass is 35.5. The number of morpholine rings is 1. The molecule has 1 saturated heterocycles. The standard InChI is InChI=1S/C24H26ClFN4O3/c1-16-6-7-17(14-20(16)26)24-28-23(33-29-24)9-8-22(31)27-15-21(30-10-12-32-13-11-30)18-4-2-3-5-19(18)25/h2-7,14,21H,8-13,15H2,1H3,(H,27,31). The lowest BCUT2D eigenvalue weighted by atomic mass is 10.0. The lowest BCUT2D eigenvalue weighted by Crippen LogP contribution is -2.44. The molecule has 1 unspecified atom stereocenters. The number of rotatable bonds is 8. The average Bonchev–Trinajstić information content (AvgIpc) is 3.30. The van der Waals surface area contributed by atoms with Crippen LogP contribution in [0.2, 0.25) is 5.02 Å². The number of nitrogens with one attached hydrogen (secondary N) is 1. The van der Waals surface area contributed by atoms with Crippen molar-refractivity contribution in [3.8, 4) is 11.4 Å². The van der Waals surface area contributed by atoms with Gasteiger partial charge in [-0.15, -0.1) is 0 Å². The van der Waals surface area contributed by atoms with Crippen molar-refractivity contribution in [1.29, 1.82) is 0 Å². The molecule has 1 aromatic heterocycles. The summed E-state index contributed by atoms with van der Waals surface area (Å²) in [6.07, 6.45) is 0.490. The molecule has 4 rings (SSSR count). The molecule has 0 spiro atoms. The Morgan fingerprint density at radius 1 is 1.24 bits per heavy atom. The van der Waals surface area contributed by atoms with Crippen molar-refractivity contribution in [3.05, 3.63) is 70.3 Å². The van der Waals surface area contributed by atoms with E-state index < -0.39 is 0 Å². The van der Waals surface area contributed by atoms with Gasteiger partial charge in [0.2, 0.25) is 17.6 Å². The maximum absolute atomic E-state index is 13.8. The third-order valence-corrected chi connectivity index (χ3v) is 6.05. The molecule has 1 amide bonds. The maximum Gasteiger partial charge on any atom is 0.227 e. The predicted octanol–water partition coefficient (Wildman–Crippen LogP) is 3.96. The number of aryl methyl sites for hydroxylation is 2. The van der Waals surface area contributed by atoms with Gasteiger partial charge in [-0.1, -0.05) is 47.1 Å². The number of hydrogen-bond donors (Lipinski definition) is 1. The fourth-order valence-corrected chi connectivity index (χ4v) is 4.06. The highest BCUT2D eigenvalue weighted by molar-refractivity contribution is 6.31. The van der Waals surface area contributed by atoms with Crippen molar-refractivity contribution in [2.75, 3.05) is 32.8 Å². The second kappa shape index (κ2) is 10.9. The van der Waals surface area contributed by atoms with Crippen molar-refractivity contribution in [2.24, 2.45) is 0 Å². The first-order valence-electron chi connectivity index (χ1n) is 10.9. The molecule has 3 aromatic rings. The normalized spacial score (nSPS) is 15.4. The summed E-state index contributed by atoms with van der Waals surface area (Å²) in [6, 6.07) is 12.4. The minimum absolute atomic E-state index is 0.0435. The molecule has 1 N–H and O–H groups in total. The molecule has 33 heavy (non-hydrogen) atoms. The van der Waals surface area contributed by atoms with Gasteiger partial charge in [0.15, 0.2) is 0 Å². The van der Waals surface area contributed by atoms with Crippen molar-refractivity contribution >= 4 is 17.5 Å². The molecular weight excluding hydrogens is 447 g/mol. The predicted molar refractivity (Wildman–Crippen MR) is 122 cm³/mol. The fourth-order valence-electron chi connectivity index (χ4n) is 3.80. The first-order valence-corrected chi connectivity index (χ1v) is 11.3. The van der Waals surface area contributed by atoms with E-state index >= 15 is 0 Å². The van der Waals surface area contributed by atoms with Gasteiger partial charge in [0.1, 0.15) is 5.82 Å². The number of carbonyl (C=O) groups excluding carboxylic acids is 1. The van der Waals surface area contributed by atoms with Gasteiger partial charge in [-0.3, -0.25) is 9.69 Å². The molecule has 2 aromatic carbocycles. The van der Waals surface area contributed by atoms with Crippen LogP contribution in [-0.2, 0) is 16.0 Å². The van der Waals surface area contributed by atoms with E-state index in [1.54, 1.807) is 19.1 Å². The molecule has 1 aliphatic rings. The molecule has 174 valence electrons. The van der Waals surface area contributed by atoms with Gasteiger partial charge in [0.05, 0.1) is 19.3 Å². The van der Waals surface area contributed by atoms with Crippen LogP contribution in [0.3, 0.4) is 0 Å². The van der Waals surface area contributed by atoms with Crippen molar-refractivity contribution in [3.63, 3.8) is 0 Å². The Bertz CT molecular complexity index is 1100. The third kappa shape index (κ3) is 5.96. The van der Waals surface area contributed by atoms with Gasteiger partial charge in [-0.25, -0.2) is 4.39 Å². The summed E-state index contributed by atoms with van der Waals surface area (Å²) in [5, 5.41) is 7.59. The number of nitrogens with zero attached hydrogens (tertiary/aromatic N) is 3. The van der Waals surface area contributed by atoms with Gasteiger partial charge >= 0.3 is 0 Å². The smallest absolute Gasteiger partial charge is 0.227 e. The largest absolute Gasteiger partial charge is 0.379 e. The summed E-state index contributed by atoms with van der Waals surface area (Å²) < 4.78 is 24.5. The zero-order valence-electron chi connectivity index (χ0n) is 18.4. The van der Waals surface area contributed by atoms with Crippen LogP contribution in [0.25, 0.3) is 11.4 Å². The molecule has 1 aliphatic heterocycles. The van der Waals surface area contributed by atoms with Crippen LogP contribution in [0, 0.1) is 12.7 Å². The van der Waals surface area contributed by atoms with E-state index in [9.17, 15) is 9.18 Å². The third-order valence-electron chi connectivity index (χ3n) is 5.71. The molecular formula is C24H26ClFN4O3. The monoisotopic (exact) mass is 472 g/mol. The number of ether oxygens (including phenoxy) is 1. The second-order valence-corrected chi connectivity index (χ2v) is 8.37. The summed E-state index contributed by atoms with van der Waals surface area (Å²) in [4.78, 5) is 19.1. The lowest BCUT2D eigenvalue weighted by Gasteiger charge is -2.35. The quantitative estimate of drug-likeness (QED) is 0.534. The Kier molecular flexibility index (Phi) is 7.69. The fraction of sp³-hybridized carbons (Fsp3) is 0.375. The summed E-state index contributed by atoms with van der Waals surface area (Å²) >= 11 is 6.44. The van der Waals surface area contributed by atoms with Gasteiger partial charge in [0.25, 0.3) is 0 Å². The van der Waals surface area contributed by atoms with Crippen LogP contribution < -0.4 is 5.32 Å². The Morgan fingerprint density at radius 3 is 2.79 bits per heavy atom. The van der Waals surface area contributed by atoms with Crippen LogP contribution in [0.4, 0.5) is 4.39 Å². The first kappa shape index (κ1) is 23.4. The van der Waals surface area contributed by atoms with Crippen molar-refractivity contribution < 1.29 is 18.4 Å². The topological polar surface area (TPSA) is 80.5 Å². The van der Waals surface area contributed by atoms with E-state index in [-0.39, 0.29) is 24.2 Å². The highest BCUT2D eigenvalue weighted by Gasteiger charge is 2.25. The van der Waals surface area contributed by atoms with Gasteiger partial charge < -0.3 is 14.6 Å². The Balaban J connectivity index is 1.34. The number of amides is 1. The van der Waals surface area contributed by atoms with E-state index in [0.29, 0.717) is 54.0 Å².